The normalized spacial score (nSPS) is 9.91. The van der Waals surface area contributed by atoms with E-state index in [9.17, 15) is 0 Å². The number of unbranched alkanes of at least 4 members (excludes halogenated alkanes) is 36. The van der Waals surface area contributed by atoms with Gasteiger partial charge < -0.3 is 121 Å². The average molecular weight is 1190 g/mol. The second-order valence-corrected chi connectivity index (χ2v) is 21.9. The molecule has 0 heterocycles. The minimum atomic E-state index is 0. The molecule has 0 unspecified atom stereocenters. The molecule has 0 fully saturated rings. The molecule has 0 aromatic rings. The summed E-state index contributed by atoms with van der Waals surface area (Å²) in [6.45, 7) is 12.9. The van der Waals surface area contributed by atoms with Crippen LogP contribution in [0.2, 0.25) is 0 Å². The van der Waals surface area contributed by atoms with Gasteiger partial charge in [0.05, 0.1) is 0 Å². The molecule has 0 aliphatic heterocycles. The van der Waals surface area contributed by atoms with Crippen molar-refractivity contribution in [1.29, 1.82) is 0 Å². The van der Waals surface area contributed by atoms with Crippen molar-refractivity contribution in [3.8, 4) is 0 Å². The fourth-order valence-electron chi connectivity index (χ4n) is 7.21. The van der Waals surface area contributed by atoms with Crippen LogP contribution in [0, 0.1) is 0 Å². The van der Waals surface area contributed by atoms with Crippen LogP contribution < -0.4 is 21.3 Å². The average Bonchev–Trinajstić information content (AvgIpc) is 3.29. The largest absolute Gasteiger partial charge is 4.00 e. The SMILES string of the molecule is CCCCCCCCCCCCNC(=S)[S-].CCCCCCCCCCCCNC(=S)[S-].CCCCCCCCCCCCNC(=S)[S-].CCCCCCCCCCCCNC(=S)[S-].O=S.[Mo+4]. The standard InChI is InChI=1S/4C13H27NS2.Mo.OS/c4*1-2-3-4-5-6-7-8-9-10-11-12-14-13(15)16;;1-2/h4*2-12H2,1H3,(H2,14,15,16);;/q;;;;+4;/p-4. The van der Waals surface area contributed by atoms with E-state index in [1.54, 1.807) is 0 Å². The van der Waals surface area contributed by atoms with Gasteiger partial charge in [0, 0.05) is 26.2 Å². The monoisotopic (exact) mass is 1190 g/mol. The molecule has 398 valence electrons. The maximum absolute atomic E-state index is 7.83. The van der Waals surface area contributed by atoms with Gasteiger partial charge in [0.2, 0.25) is 0 Å². The Morgan fingerprint density at radius 2 is 0.358 bits per heavy atom. The summed E-state index contributed by atoms with van der Waals surface area (Å²) in [6, 6.07) is 0. The summed E-state index contributed by atoms with van der Waals surface area (Å²) in [7, 11) is 0. The first-order chi connectivity index (χ1) is 32.1. The Labute approximate surface area is 481 Å². The topological polar surface area (TPSA) is 65.2 Å². The van der Waals surface area contributed by atoms with Gasteiger partial charge in [0.1, 0.15) is 0 Å². The molecule has 0 atom stereocenters. The summed E-state index contributed by atoms with van der Waals surface area (Å²) in [5.41, 5.74) is 0. The van der Waals surface area contributed by atoms with Gasteiger partial charge in [-0.2, -0.15) is 4.21 Å². The Bertz CT molecular complexity index is 817. The van der Waals surface area contributed by atoms with Crippen LogP contribution in [-0.4, -0.2) is 47.7 Å². The van der Waals surface area contributed by atoms with Gasteiger partial charge in [0.25, 0.3) is 0 Å². The van der Waals surface area contributed by atoms with Crippen molar-refractivity contribution in [3.63, 3.8) is 0 Å². The number of thiocarbonyl (C=S) groups is 4. The molecular formula is C52H104MoN4OS9. The number of nitrogens with one attached hydrogen (secondary N) is 4. The molecule has 0 saturated heterocycles. The van der Waals surface area contributed by atoms with Gasteiger partial charge >= 0.3 is 21.1 Å². The van der Waals surface area contributed by atoms with Gasteiger partial charge in [-0.25, -0.2) is 0 Å². The van der Waals surface area contributed by atoms with Crippen molar-refractivity contribution in [2.24, 2.45) is 0 Å². The van der Waals surface area contributed by atoms with Gasteiger partial charge in [-0.05, 0) is 25.7 Å². The first-order valence-corrected chi connectivity index (χ1v) is 30.6. The minimum Gasteiger partial charge on any atom is -0.412 e. The predicted molar refractivity (Wildman–Crippen MR) is 327 cm³/mol. The molecule has 0 saturated carbocycles. The molecule has 0 bridgehead atoms. The van der Waals surface area contributed by atoms with E-state index in [1.165, 1.54) is 257 Å². The van der Waals surface area contributed by atoms with Crippen molar-refractivity contribution in [3.05, 3.63) is 0 Å². The van der Waals surface area contributed by atoms with E-state index in [-0.39, 0.29) is 21.1 Å². The van der Waals surface area contributed by atoms with Gasteiger partial charge in [-0.3, -0.25) is 0 Å². The Hall–Kier alpha value is 1.15. The molecule has 0 rings (SSSR count). The third-order valence-corrected chi connectivity index (χ3v) is 12.4. The van der Waals surface area contributed by atoms with Gasteiger partial charge in [-0.1, -0.05) is 276 Å². The maximum Gasteiger partial charge on any atom is 4.00 e. The van der Waals surface area contributed by atoms with Gasteiger partial charge in [-0.15, -0.1) is 0 Å². The molecule has 4 N–H and O–H groups in total. The first-order valence-electron chi connectivity index (χ1n) is 27.0. The molecule has 0 spiro atoms. The summed E-state index contributed by atoms with van der Waals surface area (Å²) < 4.78 is 9.87. The summed E-state index contributed by atoms with van der Waals surface area (Å²) in [5, 5.41) is 12.1. The molecule has 0 aliphatic rings. The fourth-order valence-corrected chi connectivity index (χ4v) is 8.03. The van der Waals surface area contributed by atoms with Gasteiger partial charge in [0.15, 0.2) is 12.5 Å². The maximum atomic E-state index is 7.83. The Kier molecular flexibility index (Phi) is 93.3. The quantitative estimate of drug-likeness (QED) is 0.0203. The Morgan fingerprint density at radius 3 is 0.463 bits per heavy atom. The summed E-state index contributed by atoms with van der Waals surface area (Å²) in [6.07, 6.45) is 54.8. The Balaban J connectivity index is -0.000000182. The van der Waals surface area contributed by atoms with Crippen molar-refractivity contribution in [2.45, 2.75) is 285 Å². The fraction of sp³-hybridized carbons (Fsp3) is 0.923. The molecule has 67 heavy (non-hydrogen) atoms. The van der Waals surface area contributed by atoms with E-state index in [4.69, 9.17) is 104 Å². The molecule has 0 aliphatic carbocycles. The van der Waals surface area contributed by atoms with E-state index in [0.29, 0.717) is 17.3 Å². The molecule has 0 amide bonds. The van der Waals surface area contributed by atoms with E-state index >= 15 is 0 Å². The zero-order valence-electron chi connectivity index (χ0n) is 43.6. The summed E-state index contributed by atoms with van der Waals surface area (Å²) in [5.74, 6) is 0. The molecule has 0 aromatic heterocycles. The number of hydrogen-bond donors (Lipinski definition) is 4. The molecule has 15 heteroatoms. The van der Waals surface area contributed by atoms with Crippen molar-refractivity contribution in [2.75, 3.05) is 26.2 Å². The van der Waals surface area contributed by atoms with E-state index in [0.717, 1.165) is 26.2 Å². The zero-order valence-corrected chi connectivity index (χ0v) is 53.0. The summed E-state index contributed by atoms with van der Waals surface area (Å²) in [4.78, 5) is 0. The molecular weight excluding hydrogens is 1080 g/mol. The zero-order chi connectivity index (χ0) is 50.3. The summed E-state index contributed by atoms with van der Waals surface area (Å²) >= 11 is 41.0. The second kappa shape index (κ2) is 78.6. The number of rotatable bonds is 44. The van der Waals surface area contributed by atoms with Crippen molar-refractivity contribution >= 4 is 129 Å². The van der Waals surface area contributed by atoms with E-state index in [1.807, 2.05) is 0 Å². The van der Waals surface area contributed by atoms with E-state index in [2.05, 4.69) is 61.5 Å². The van der Waals surface area contributed by atoms with Crippen LogP contribution in [0.15, 0.2) is 0 Å². The van der Waals surface area contributed by atoms with Crippen LogP contribution in [0.25, 0.3) is 0 Å². The van der Waals surface area contributed by atoms with Crippen LogP contribution in [-0.2, 0) is 84.1 Å². The smallest absolute Gasteiger partial charge is 0.412 e. The molecule has 0 radical (unpaired) electrons. The predicted octanol–water partition coefficient (Wildman–Crippen LogP) is 17.0. The number of hydrogen-bond acceptors (Lipinski definition) is 10. The van der Waals surface area contributed by atoms with Crippen LogP contribution in [0.1, 0.15) is 285 Å². The third-order valence-electron chi connectivity index (χ3n) is 11.2. The van der Waals surface area contributed by atoms with E-state index < -0.39 is 0 Å². The van der Waals surface area contributed by atoms with Crippen LogP contribution >= 0.6 is 48.9 Å². The van der Waals surface area contributed by atoms with Crippen LogP contribution in [0.4, 0.5) is 0 Å². The van der Waals surface area contributed by atoms with Crippen LogP contribution in [0.5, 0.6) is 0 Å². The first kappa shape index (κ1) is 79.6. The van der Waals surface area contributed by atoms with Crippen LogP contribution in [0.3, 0.4) is 0 Å². The minimum absolute atomic E-state index is 0. The molecule has 0 aromatic carbocycles. The second-order valence-electron chi connectivity index (χ2n) is 17.6. The third kappa shape index (κ3) is 101. The van der Waals surface area contributed by atoms with Crippen molar-refractivity contribution in [1.82, 2.24) is 21.3 Å². The Morgan fingerprint density at radius 1 is 0.254 bits per heavy atom. The molecule has 5 nitrogen and oxygen atoms in total. The van der Waals surface area contributed by atoms with Crippen molar-refractivity contribution < 1.29 is 25.3 Å².